The predicted molar refractivity (Wildman–Crippen MR) is 130 cm³/mol. The summed E-state index contributed by atoms with van der Waals surface area (Å²) in [6.45, 7) is 0.892. The Hall–Kier alpha value is -3.11. The van der Waals surface area contributed by atoms with Crippen molar-refractivity contribution in [3.8, 4) is 5.75 Å². The number of sulfonamides is 1. The van der Waals surface area contributed by atoms with E-state index in [2.05, 4.69) is 21.1 Å². The first-order valence-corrected chi connectivity index (χ1v) is 12.5. The fraction of sp³-hybridized carbons (Fsp3) is 0.250. The van der Waals surface area contributed by atoms with Crippen molar-refractivity contribution in [2.75, 3.05) is 30.7 Å². The lowest BCUT2D eigenvalue weighted by Crippen LogP contribution is -2.26. The van der Waals surface area contributed by atoms with E-state index in [1.807, 2.05) is 36.4 Å². The van der Waals surface area contributed by atoms with Crippen LogP contribution in [0.5, 0.6) is 5.75 Å². The maximum absolute atomic E-state index is 11.5. The Bertz CT molecular complexity index is 1370. The molecule has 1 heterocycles. The van der Waals surface area contributed by atoms with Crippen LogP contribution in [0.3, 0.4) is 0 Å². The average molecular weight is 470 g/mol. The molecule has 3 aromatic carbocycles. The highest BCUT2D eigenvalue weighted by Crippen LogP contribution is 2.28. The summed E-state index contributed by atoms with van der Waals surface area (Å²) < 4.78 is 31.3. The second-order valence-corrected chi connectivity index (χ2v) is 9.64. The first-order chi connectivity index (χ1) is 15.8. The average Bonchev–Trinajstić information content (AvgIpc) is 3.15. The molecular weight excluding hydrogens is 442 g/mol. The Morgan fingerprint density at radius 3 is 2.61 bits per heavy atom. The van der Waals surface area contributed by atoms with Gasteiger partial charge in [-0.1, -0.05) is 30.3 Å². The number of para-hydroxylation sites is 1. The molecule has 0 saturated carbocycles. The zero-order valence-corrected chi connectivity index (χ0v) is 19.0. The van der Waals surface area contributed by atoms with Crippen LogP contribution in [0.25, 0.3) is 21.8 Å². The van der Waals surface area contributed by atoms with Crippen molar-refractivity contribution in [1.29, 1.82) is 0 Å². The van der Waals surface area contributed by atoms with E-state index in [9.17, 15) is 18.6 Å². The van der Waals surface area contributed by atoms with Crippen molar-refractivity contribution in [3.63, 3.8) is 0 Å². The van der Waals surface area contributed by atoms with Crippen LogP contribution in [-0.2, 0) is 16.6 Å². The highest BCUT2D eigenvalue weighted by atomic mass is 32.2. The van der Waals surface area contributed by atoms with E-state index in [1.54, 1.807) is 12.1 Å². The molecule has 0 aliphatic carbocycles. The molecule has 0 aliphatic heterocycles. The fourth-order valence-electron chi connectivity index (χ4n) is 3.76. The van der Waals surface area contributed by atoms with E-state index in [0.717, 1.165) is 28.4 Å². The number of fused-ring (bicyclic) bond motifs is 3. The Morgan fingerprint density at radius 1 is 1.03 bits per heavy atom. The predicted octanol–water partition coefficient (Wildman–Crippen LogP) is 2.89. The smallest absolute Gasteiger partial charge is 0.229 e. The molecule has 8 nitrogen and oxygen atoms in total. The van der Waals surface area contributed by atoms with Gasteiger partial charge in [0.15, 0.2) is 0 Å². The van der Waals surface area contributed by atoms with Crippen LogP contribution < -0.4 is 14.8 Å². The second kappa shape index (κ2) is 9.80. The number of aliphatic hydroxyl groups is 2. The zero-order valence-electron chi connectivity index (χ0n) is 18.2. The number of aliphatic hydroxyl groups excluding tert-OH is 2. The largest absolute Gasteiger partial charge is 0.492 e. The summed E-state index contributed by atoms with van der Waals surface area (Å²) in [4.78, 5) is 3.39. The van der Waals surface area contributed by atoms with E-state index in [1.165, 1.54) is 11.5 Å². The van der Waals surface area contributed by atoms with Crippen molar-refractivity contribution >= 4 is 37.5 Å². The van der Waals surface area contributed by atoms with E-state index in [4.69, 9.17) is 4.74 Å². The molecule has 1 atom stereocenters. The molecule has 0 bridgehead atoms. The van der Waals surface area contributed by atoms with Crippen LogP contribution in [0.4, 0.5) is 5.69 Å². The Labute approximate surface area is 192 Å². The number of nitrogens with one attached hydrogen (secondary N) is 3. The zero-order chi connectivity index (χ0) is 23.4. The van der Waals surface area contributed by atoms with Gasteiger partial charge in [-0.15, -0.1) is 0 Å². The summed E-state index contributed by atoms with van der Waals surface area (Å²) in [6, 6.07) is 18.9. The third-order valence-electron chi connectivity index (χ3n) is 5.35. The number of benzene rings is 3. The minimum atomic E-state index is -3.50. The van der Waals surface area contributed by atoms with Gasteiger partial charge in [-0.2, -0.15) is 0 Å². The van der Waals surface area contributed by atoms with Gasteiger partial charge in [0, 0.05) is 41.0 Å². The Kier molecular flexibility index (Phi) is 6.85. The van der Waals surface area contributed by atoms with Crippen molar-refractivity contribution in [3.05, 3.63) is 71.8 Å². The first kappa shape index (κ1) is 23.1. The lowest BCUT2D eigenvalue weighted by atomic mass is 10.1. The van der Waals surface area contributed by atoms with Gasteiger partial charge >= 0.3 is 0 Å². The van der Waals surface area contributed by atoms with Gasteiger partial charge in [0.25, 0.3) is 0 Å². The number of hydrogen-bond donors (Lipinski definition) is 5. The van der Waals surface area contributed by atoms with Crippen molar-refractivity contribution in [1.82, 2.24) is 10.3 Å². The van der Waals surface area contributed by atoms with Crippen LogP contribution in [0.15, 0.2) is 60.7 Å². The minimum Gasteiger partial charge on any atom is -0.492 e. The minimum absolute atomic E-state index is 0.257. The Morgan fingerprint density at radius 2 is 1.82 bits per heavy atom. The molecular formula is C24H27N3O5S. The number of anilines is 1. The highest BCUT2D eigenvalue weighted by molar-refractivity contribution is 7.92. The summed E-state index contributed by atoms with van der Waals surface area (Å²) in [5.41, 5.74) is 3.33. The number of ether oxygens (including phenoxy) is 1. The normalized spacial score (nSPS) is 12.8. The molecule has 174 valence electrons. The maximum atomic E-state index is 11.5. The van der Waals surface area contributed by atoms with Crippen molar-refractivity contribution < 1.29 is 23.4 Å². The van der Waals surface area contributed by atoms with Gasteiger partial charge in [0.05, 0.1) is 30.2 Å². The molecule has 0 spiro atoms. The van der Waals surface area contributed by atoms with Crippen LogP contribution >= 0.6 is 0 Å². The summed E-state index contributed by atoms with van der Waals surface area (Å²) in [7, 11) is -3.50. The topological polar surface area (TPSA) is 124 Å². The fourth-order valence-corrected chi connectivity index (χ4v) is 4.34. The number of hydrogen-bond acceptors (Lipinski definition) is 6. The van der Waals surface area contributed by atoms with Crippen molar-refractivity contribution in [2.45, 2.75) is 12.7 Å². The number of rotatable bonds is 10. The SMILES string of the molecule is CS(=O)(=O)Nc1cc(C(O)CNCCOc2ccc3c(c2)[nH]c2ccccc23)ccc1CO. The molecule has 4 rings (SSSR count). The van der Waals surface area contributed by atoms with Gasteiger partial charge in [-0.3, -0.25) is 4.72 Å². The van der Waals surface area contributed by atoms with Crippen molar-refractivity contribution in [2.24, 2.45) is 0 Å². The molecule has 9 heteroatoms. The van der Waals surface area contributed by atoms with Gasteiger partial charge in [-0.25, -0.2) is 8.42 Å². The molecule has 0 fully saturated rings. The van der Waals surface area contributed by atoms with Gasteiger partial charge in [0.1, 0.15) is 12.4 Å². The Balaban J connectivity index is 1.30. The van der Waals surface area contributed by atoms with E-state index in [0.29, 0.717) is 24.3 Å². The lowest BCUT2D eigenvalue weighted by Gasteiger charge is -2.16. The number of aromatic amines is 1. The molecule has 0 saturated heterocycles. The summed E-state index contributed by atoms with van der Waals surface area (Å²) >= 11 is 0. The molecule has 1 aromatic heterocycles. The van der Waals surface area contributed by atoms with E-state index in [-0.39, 0.29) is 18.8 Å². The summed E-state index contributed by atoms with van der Waals surface area (Å²) in [5, 5.41) is 25.3. The molecule has 1 unspecified atom stereocenters. The van der Waals surface area contributed by atoms with E-state index < -0.39 is 16.1 Å². The quantitative estimate of drug-likeness (QED) is 0.228. The molecule has 5 N–H and O–H groups in total. The molecule has 0 amide bonds. The van der Waals surface area contributed by atoms with E-state index >= 15 is 0 Å². The van der Waals surface area contributed by atoms with Crippen LogP contribution in [0.2, 0.25) is 0 Å². The monoisotopic (exact) mass is 469 g/mol. The number of aromatic nitrogens is 1. The second-order valence-electron chi connectivity index (χ2n) is 7.90. The number of H-pyrrole nitrogens is 1. The van der Waals surface area contributed by atoms with Gasteiger partial charge in [0.2, 0.25) is 10.0 Å². The molecule has 4 aromatic rings. The molecule has 0 radical (unpaired) electrons. The molecule has 33 heavy (non-hydrogen) atoms. The van der Waals surface area contributed by atoms with Crippen LogP contribution in [-0.4, -0.2) is 49.6 Å². The summed E-state index contributed by atoms with van der Waals surface area (Å²) in [6.07, 6.45) is 0.190. The standard InChI is InChI=1S/C24H27N3O5S/c1-33(30,31)27-22-12-16(6-7-17(22)15-28)24(29)14-25-10-11-32-18-8-9-20-19-4-2-3-5-21(19)26-23(20)13-18/h2-9,12-13,24-29H,10-11,14-15H2,1H3. The first-order valence-electron chi connectivity index (χ1n) is 10.6. The molecule has 0 aliphatic rings. The van der Waals surface area contributed by atoms with Crippen LogP contribution in [0, 0.1) is 0 Å². The lowest BCUT2D eigenvalue weighted by molar-refractivity contribution is 0.172. The third-order valence-corrected chi connectivity index (χ3v) is 5.94. The van der Waals surface area contributed by atoms with Gasteiger partial charge < -0.3 is 25.3 Å². The van der Waals surface area contributed by atoms with Gasteiger partial charge in [-0.05, 0) is 29.8 Å². The highest BCUT2D eigenvalue weighted by Gasteiger charge is 2.13. The van der Waals surface area contributed by atoms with Crippen LogP contribution in [0.1, 0.15) is 17.2 Å². The third kappa shape index (κ3) is 5.63. The summed E-state index contributed by atoms with van der Waals surface area (Å²) in [5.74, 6) is 0.757. The maximum Gasteiger partial charge on any atom is 0.229 e.